The molecule has 0 amide bonds. The first-order chi connectivity index (χ1) is 9.24. The zero-order chi connectivity index (χ0) is 13.7. The van der Waals surface area contributed by atoms with Crippen LogP contribution in [-0.2, 0) is 4.74 Å². The maximum absolute atomic E-state index is 6.26. The van der Waals surface area contributed by atoms with Crippen LogP contribution in [0.4, 0.5) is 0 Å². The third-order valence-corrected chi connectivity index (χ3v) is 3.95. The number of rotatable bonds is 6. The monoisotopic (exact) mass is 263 g/mol. The molecular formula is C16H25NO2. The van der Waals surface area contributed by atoms with Gasteiger partial charge in [0.2, 0.25) is 0 Å². The van der Waals surface area contributed by atoms with Gasteiger partial charge in [-0.2, -0.15) is 0 Å². The van der Waals surface area contributed by atoms with Crippen LogP contribution in [0.15, 0.2) is 24.3 Å². The lowest BCUT2D eigenvalue weighted by atomic mass is 10.0. The number of hydrogen-bond donors (Lipinski definition) is 1. The Balaban J connectivity index is 2.10. The minimum absolute atomic E-state index is 0.000920. The van der Waals surface area contributed by atoms with Crippen LogP contribution in [-0.4, -0.2) is 19.3 Å². The van der Waals surface area contributed by atoms with Crippen LogP contribution in [0.2, 0.25) is 0 Å². The Morgan fingerprint density at radius 2 is 1.84 bits per heavy atom. The molecule has 0 aromatic heterocycles. The van der Waals surface area contributed by atoms with E-state index in [4.69, 9.17) is 15.2 Å². The van der Waals surface area contributed by atoms with E-state index in [1.807, 2.05) is 12.1 Å². The van der Waals surface area contributed by atoms with E-state index < -0.39 is 0 Å². The zero-order valence-corrected chi connectivity index (χ0v) is 12.0. The minimum atomic E-state index is -0.000920. The van der Waals surface area contributed by atoms with Crippen molar-refractivity contribution in [2.45, 2.75) is 57.3 Å². The average Bonchev–Trinajstić information content (AvgIpc) is 2.97. The molecule has 0 radical (unpaired) electrons. The van der Waals surface area contributed by atoms with Crippen LogP contribution in [0.25, 0.3) is 0 Å². The van der Waals surface area contributed by atoms with Crippen molar-refractivity contribution in [2.24, 2.45) is 5.73 Å². The van der Waals surface area contributed by atoms with Gasteiger partial charge in [-0.15, -0.1) is 0 Å². The highest BCUT2D eigenvalue weighted by Crippen LogP contribution is 2.30. The van der Waals surface area contributed by atoms with Crippen LogP contribution in [0.5, 0.6) is 5.75 Å². The molecule has 1 aliphatic rings. The lowest BCUT2D eigenvalue weighted by Gasteiger charge is -2.27. The number of nitrogens with two attached hydrogens (primary N) is 1. The van der Waals surface area contributed by atoms with Gasteiger partial charge in [-0.25, -0.2) is 0 Å². The minimum Gasteiger partial charge on any atom is -0.497 e. The first kappa shape index (κ1) is 14.4. The normalized spacial score (nSPS) is 19.3. The van der Waals surface area contributed by atoms with E-state index in [9.17, 15) is 0 Å². The number of ether oxygens (including phenoxy) is 2. The molecule has 0 heterocycles. The summed E-state index contributed by atoms with van der Waals surface area (Å²) in [6, 6.07) is 8.13. The topological polar surface area (TPSA) is 44.5 Å². The van der Waals surface area contributed by atoms with Crippen molar-refractivity contribution in [3.05, 3.63) is 29.8 Å². The van der Waals surface area contributed by atoms with Crippen molar-refractivity contribution in [2.75, 3.05) is 7.11 Å². The Hall–Kier alpha value is -1.06. The molecule has 1 aromatic carbocycles. The molecule has 2 unspecified atom stereocenters. The van der Waals surface area contributed by atoms with Gasteiger partial charge in [0.05, 0.1) is 19.3 Å². The third kappa shape index (κ3) is 3.71. The quantitative estimate of drug-likeness (QED) is 0.855. The van der Waals surface area contributed by atoms with E-state index in [1.165, 1.54) is 25.7 Å². The SMILES string of the molecule is CCC(N)C(OC1CCCC1)c1ccc(OC)cc1. The predicted octanol–water partition coefficient (Wildman–Crippen LogP) is 3.43. The summed E-state index contributed by atoms with van der Waals surface area (Å²) in [4.78, 5) is 0. The van der Waals surface area contributed by atoms with Gasteiger partial charge in [0.15, 0.2) is 0 Å². The van der Waals surface area contributed by atoms with Gasteiger partial charge < -0.3 is 15.2 Å². The third-order valence-electron chi connectivity index (χ3n) is 3.95. The average molecular weight is 263 g/mol. The standard InChI is InChI=1S/C16H25NO2/c1-3-15(17)16(19-14-6-4-5-7-14)12-8-10-13(18-2)11-9-12/h8-11,14-16H,3-7,17H2,1-2H3. The van der Waals surface area contributed by atoms with Crippen molar-refractivity contribution in [3.63, 3.8) is 0 Å². The van der Waals surface area contributed by atoms with Crippen molar-refractivity contribution >= 4 is 0 Å². The Kier molecular flexibility index (Phi) is 5.23. The lowest BCUT2D eigenvalue weighted by molar-refractivity contribution is -0.0237. The van der Waals surface area contributed by atoms with Crippen LogP contribution >= 0.6 is 0 Å². The van der Waals surface area contributed by atoms with Crippen LogP contribution in [0.3, 0.4) is 0 Å². The summed E-state index contributed by atoms with van der Waals surface area (Å²) in [5, 5.41) is 0. The van der Waals surface area contributed by atoms with E-state index in [2.05, 4.69) is 19.1 Å². The van der Waals surface area contributed by atoms with E-state index in [-0.39, 0.29) is 12.1 Å². The van der Waals surface area contributed by atoms with Gasteiger partial charge >= 0.3 is 0 Å². The fraction of sp³-hybridized carbons (Fsp3) is 0.625. The highest BCUT2D eigenvalue weighted by Gasteiger charge is 2.25. The smallest absolute Gasteiger partial charge is 0.118 e. The molecule has 19 heavy (non-hydrogen) atoms. The summed E-state index contributed by atoms with van der Waals surface area (Å²) >= 11 is 0. The van der Waals surface area contributed by atoms with Crippen LogP contribution in [0.1, 0.15) is 50.7 Å². The molecule has 2 rings (SSSR count). The lowest BCUT2D eigenvalue weighted by Crippen LogP contribution is -2.31. The predicted molar refractivity (Wildman–Crippen MR) is 77.3 cm³/mol. The van der Waals surface area contributed by atoms with Crippen LogP contribution in [0, 0.1) is 0 Å². The molecule has 1 aliphatic carbocycles. The molecule has 106 valence electrons. The summed E-state index contributed by atoms with van der Waals surface area (Å²) in [5.41, 5.74) is 7.40. The molecule has 1 saturated carbocycles. The molecular weight excluding hydrogens is 238 g/mol. The summed E-state index contributed by atoms with van der Waals surface area (Å²) in [6.07, 6.45) is 6.20. The summed E-state index contributed by atoms with van der Waals surface area (Å²) < 4.78 is 11.5. The molecule has 0 saturated heterocycles. The molecule has 1 aromatic rings. The van der Waals surface area contributed by atoms with Gasteiger partial charge in [-0.05, 0) is 37.0 Å². The summed E-state index contributed by atoms with van der Waals surface area (Å²) in [7, 11) is 1.68. The molecule has 2 atom stereocenters. The van der Waals surface area contributed by atoms with Gasteiger partial charge in [0.25, 0.3) is 0 Å². The largest absolute Gasteiger partial charge is 0.497 e. The highest BCUT2D eigenvalue weighted by molar-refractivity contribution is 5.29. The van der Waals surface area contributed by atoms with Crippen LogP contribution < -0.4 is 10.5 Å². The molecule has 3 heteroatoms. The molecule has 1 fully saturated rings. The first-order valence-corrected chi connectivity index (χ1v) is 7.29. The molecule has 3 nitrogen and oxygen atoms in total. The molecule has 0 spiro atoms. The molecule has 0 bridgehead atoms. The van der Waals surface area contributed by atoms with Gasteiger partial charge in [0.1, 0.15) is 5.75 Å². The fourth-order valence-electron chi connectivity index (χ4n) is 2.67. The summed E-state index contributed by atoms with van der Waals surface area (Å²) in [5.74, 6) is 0.869. The zero-order valence-electron chi connectivity index (χ0n) is 12.0. The summed E-state index contributed by atoms with van der Waals surface area (Å²) in [6.45, 7) is 2.11. The van der Waals surface area contributed by atoms with E-state index >= 15 is 0 Å². The Morgan fingerprint density at radius 1 is 1.21 bits per heavy atom. The second kappa shape index (κ2) is 6.92. The van der Waals surface area contributed by atoms with E-state index in [0.29, 0.717) is 6.10 Å². The van der Waals surface area contributed by atoms with Gasteiger partial charge in [-0.1, -0.05) is 31.9 Å². The fourth-order valence-corrected chi connectivity index (χ4v) is 2.67. The number of benzene rings is 1. The van der Waals surface area contributed by atoms with Crippen molar-refractivity contribution in [3.8, 4) is 5.75 Å². The second-order valence-corrected chi connectivity index (χ2v) is 5.31. The second-order valence-electron chi connectivity index (χ2n) is 5.31. The maximum Gasteiger partial charge on any atom is 0.118 e. The number of methoxy groups -OCH3 is 1. The Labute approximate surface area is 116 Å². The number of hydrogen-bond acceptors (Lipinski definition) is 3. The Morgan fingerprint density at radius 3 is 2.37 bits per heavy atom. The Bertz CT molecular complexity index is 371. The van der Waals surface area contributed by atoms with Gasteiger partial charge in [0, 0.05) is 6.04 Å². The molecule has 0 aliphatic heterocycles. The van der Waals surface area contributed by atoms with E-state index in [0.717, 1.165) is 17.7 Å². The van der Waals surface area contributed by atoms with Crippen molar-refractivity contribution in [1.82, 2.24) is 0 Å². The first-order valence-electron chi connectivity index (χ1n) is 7.29. The van der Waals surface area contributed by atoms with Crippen molar-refractivity contribution in [1.29, 1.82) is 0 Å². The van der Waals surface area contributed by atoms with Crippen molar-refractivity contribution < 1.29 is 9.47 Å². The van der Waals surface area contributed by atoms with Gasteiger partial charge in [-0.3, -0.25) is 0 Å². The molecule has 2 N–H and O–H groups in total. The van der Waals surface area contributed by atoms with E-state index in [1.54, 1.807) is 7.11 Å². The highest BCUT2D eigenvalue weighted by atomic mass is 16.5. The maximum atomic E-state index is 6.26.